The van der Waals surface area contributed by atoms with Gasteiger partial charge in [-0.25, -0.2) is 0 Å². The van der Waals surface area contributed by atoms with Gasteiger partial charge in [0.2, 0.25) is 5.91 Å². The van der Waals surface area contributed by atoms with E-state index in [4.69, 9.17) is 10.5 Å². The zero-order valence-electron chi connectivity index (χ0n) is 14.0. The van der Waals surface area contributed by atoms with Gasteiger partial charge in [0.1, 0.15) is 5.75 Å². The normalized spacial score (nSPS) is 15.3. The molecule has 0 aromatic heterocycles. The van der Waals surface area contributed by atoms with Gasteiger partial charge in [-0.1, -0.05) is 13.5 Å². The summed E-state index contributed by atoms with van der Waals surface area (Å²) >= 11 is 0. The van der Waals surface area contributed by atoms with Gasteiger partial charge >= 0.3 is 0 Å². The largest absolute Gasteiger partial charge is 0.495 e. The first-order valence-electron chi connectivity index (χ1n) is 7.97. The molecule has 2 rings (SSSR count). The van der Waals surface area contributed by atoms with Crippen LogP contribution in [0.2, 0.25) is 0 Å². The zero-order chi connectivity index (χ0) is 16.8. The summed E-state index contributed by atoms with van der Waals surface area (Å²) in [6.45, 7) is 10.6. The van der Waals surface area contributed by atoms with E-state index >= 15 is 0 Å². The lowest BCUT2D eigenvalue weighted by Crippen LogP contribution is -2.46. The van der Waals surface area contributed by atoms with E-state index in [0.29, 0.717) is 17.1 Å². The molecule has 0 unspecified atom stereocenters. The van der Waals surface area contributed by atoms with Gasteiger partial charge in [-0.2, -0.15) is 0 Å². The third-order valence-electron chi connectivity index (χ3n) is 4.04. The fourth-order valence-corrected chi connectivity index (χ4v) is 2.84. The number of ether oxygens (including phenoxy) is 1. The molecule has 1 saturated heterocycles. The van der Waals surface area contributed by atoms with Gasteiger partial charge in [-0.15, -0.1) is 0 Å². The molecule has 0 radical (unpaired) electrons. The van der Waals surface area contributed by atoms with Crippen molar-refractivity contribution in [3.8, 4) is 5.75 Å². The van der Waals surface area contributed by atoms with E-state index in [1.165, 1.54) is 6.08 Å². The first-order chi connectivity index (χ1) is 11.1. The molecule has 1 aliphatic heterocycles. The van der Waals surface area contributed by atoms with E-state index in [1.54, 1.807) is 13.2 Å². The van der Waals surface area contributed by atoms with Crippen molar-refractivity contribution in [2.45, 2.75) is 13.3 Å². The number of rotatable bonds is 6. The van der Waals surface area contributed by atoms with E-state index in [0.717, 1.165) is 44.8 Å². The van der Waals surface area contributed by atoms with E-state index in [9.17, 15) is 4.79 Å². The van der Waals surface area contributed by atoms with Crippen LogP contribution in [0.15, 0.2) is 24.8 Å². The first kappa shape index (κ1) is 17.1. The summed E-state index contributed by atoms with van der Waals surface area (Å²) < 4.78 is 5.33. The lowest BCUT2D eigenvalue weighted by atomic mass is 10.1. The minimum absolute atomic E-state index is 0.250. The van der Waals surface area contributed by atoms with E-state index in [-0.39, 0.29) is 5.91 Å². The first-order valence-corrected chi connectivity index (χ1v) is 7.97. The number of hydrogen-bond acceptors (Lipinski definition) is 5. The van der Waals surface area contributed by atoms with Crippen LogP contribution in [0.25, 0.3) is 0 Å². The van der Waals surface area contributed by atoms with Gasteiger partial charge in [0.25, 0.3) is 0 Å². The topological polar surface area (TPSA) is 70.8 Å². The van der Waals surface area contributed by atoms with Crippen LogP contribution in [0.5, 0.6) is 5.75 Å². The lowest BCUT2D eigenvalue weighted by molar-refractivity contribution is -0.111. The number of nitrogens with zero attached hydrogens (tertiary/aromatic N) is 2. The third kappa shape index (κ3) is 4.16. The molecule has 0 saturated carbocycles. The number of nitrogens with two attached hydrogens (primary N) is 1. The molecule has 0 atom stereocenters. The highest BCUT2D eigenvalue weighted by atomic mass is 16.5. The maximum Gasteiger partial charge on any atom is 0.247 e. The Morgan fingerprint density at radius 3 is 2.65 bits per heavy atom. The molecule has 1 aromatic carbocycles. The van der Waals surface area contributed by atoms with Crippen molar-refractivity contribution < 1.29 is 9.53 Å². The van der Waals surface area contributed by atoms with E-state index in [1.807, 2.05) is 6.07 Å². The number of anilines is 3. The van der Waals surface area contributed by atoms with Crippen molar-refractivity contribution in [3.63, 3.8) is 0 Å². The van der Waals surface area contributed by atoms with Gasteiger partial charge in [0.05, 0.1) is 24.2 Å². The molecule has 1 fully saturated rings. The maximum atomic E-state index is 11.7. The molecule has 126 valence electrons. The Kier molecular flexibility index (Phi) is 5.87. The third-order valence-corrected chi connectivity index (χ3v) is 4.04. The summed E-state index contributed by atoms with van der Waals surface area (Å²) in [5.74, 6) is 0.369. The average molecular weight is 318 g/mol. The average Bonchev–Trinajstić information content (AvgIpc) is 2.56. The van der Waals surface area contributed by atoms with Gasteiger partial charge in [-0.3, -0.25) is 9.69 Å². The Labute approximate surface area is 137 Å². The Balaban J connectivity index is 2.24. The summed E-state index contributed by atoms with van der Waals surface area (Å²) in [6, 6.07) is 3.64. The highest BCUT2D eigenvalue weighted by molar-refractivity contribution is 6.02. The molecular formula is C17H26N4O2. The van der Waals surface area contributed by atoms with Crippen LogP contribution >= 0.6 is 0 Å². The van der Waals surface area contributed by atoms with Crippen LogP contribution < -0.4 is 20.7 Å². The minimum atomic E-state index is -0.250. The van der Waals surface area contributed by atoms with E-state index in [2.05, 4.69) is 28.6 Å². The van der Waals surface area contributed by atoms with Crippen LogP contribution in [-0.4, -0.2) is 50.6 Å². The monoisotopic (exact) mass is 318 g/mol. The molecule has 0 aliphatic carbocycles. The molecule has 1 aliphatic rings. The van der Waals surface area contributed by atoms with Crippen LogP contribution in [0.3, 0.4) is 0 Å². The predicted octanol–water partition coefficient (Wildman–Crippen LogP) is 1.93. The second kappa shape index (κ2) is 7.87. The lowest BCUT2D eigenvalue weighted by Gasteiger charge is -2.37. The number of hydrogen-bond donors (Lipinski definition) is 2. The summed E-state index contributed by atoms with van der Waals surface area (Å²) in [5.41, 5.74) is 8.11. The number of carbonyl (C=O) groups excluding carboxylic acids is 1. The fraction of sp³-hybridized carbons (Fsp3) is 0.471. The summed E-state index contributed by atoms with van der Waals surface area (Å²) in [6.07, 6.45) is 2.42. The number of benzene rings is 1. The molecule has 0 bridgehead atoms. The SMILES string of the molecule is C=CC(=O)Nc1cc(N)c(OC)cc1N1CCN(CCC)CC1. The second-order valence-corrected chi connectivity index (χ2v) is 5.63. The maximum absolute atomic E-state index is 11.7. The molecule has 6 nitrogen and oxygen atoms in total. The Morgan fingerprint density at radius 1 is 1.39 bits per heavy atom. The standard InChI is InChI=1S/C17H26N4O2/c1-4-6-20-7-9-21(10-8-20)15-12-16(23-3)13(18)11-14(15)19-17(22)5-2/h5,11-12H,2,4,6-10,18H2,1,3H3,(H,19,22). The van der Waals surface area contributed by atoms with Crippen molar-refractivity contribution in [3.05, 3.63) is 24.8 Å². The number of amides is 1. The Bertz CT molecular complexity index is 566. The molecule has 0 spiro atoms. The zero-order valence-corrected chi connectivity index (χ0v) is 14.0. The van der Waals surface area contributed by atoms with Crippen LogP contribution in [0.4, 0.5) is 17.1 Å². The predicted molar refractivity (Wildman–Crippen MR) is 95.2 cm³/mol. The fourth-order valence-electron chi connectivity index (χ4n) is 2.84. The van der Waals surface area contributed by atoms with Crippen LogP contribution in [0.1, 0.15) is 13.3 Å². The van der Waals surface area contributed by atoms with Crippen molar-refractivity contribution in [2.24, 2.45) is 0 Å². The summed E-state index contributed by atoms with van der Waals surface area (Å²) in [7, 11) is 1.59. The van der Waals surface area contributed by atoms with Crippen LogP contribution in [0, 0.1) is 0 Å². The van der Waals surface area contributed by atoms with Crippen molar-refractivity contribution in [1.29, 1.82) is 0 Å². The smallest absolute Gasteiger partial charge is 0.247 e. The Morgan fingerprint density at radius 2 is 2.09 bits per heavy atom. The second-order valence-electron chi connectivity index (χ2n) is 5.63. The summed E-state index contributed by atoms with van der Waals surface area (Å²) in [4.78, 5) is 16.4. The quantitative estimate of drug-likeness (QED) is 0.619. The van der Waals surface area contributed by atoms with Gasteiger partial charge < -0.3 is 20.7 Å². The summed E-state index contributed by atoms with van der Waals surface area (Å²) in [5, 5.41) is 2.84. The number of carbonyl (C=O) groups is 1. The molecule has 1 heterocycles. The number of nitrogens with one attached hydrogen (secondary N) is 1. The molecular weight excluding hydrogens is 292 g/mol. The number of piperazine rings is 1. The van der Waals surface area contributed by atoms with Gasteiger partial charge in [0.15, 0.2) is 0 Å². The van der Waals surface area contributed by atoms with Crippen molar-refractivity contribution in [1.82, 2.24) is 4.90 Å². The van der Waals surface area contributed by atoms with Crippen LogP contribution in [-0.2, 0) is 4.79 Å². The Hall–Kier alpha value is -2.21. The molecule has 1 aromatic rings. The van der Waals surface area contributed by atoms with Gasteiger partial charge in [-0.05, 0) is 25.1 Å². The molecule has 1 amide bonds. The van der Waals surface area contributed by atoms with Crippen molar-refractivity contribution >= 4 is 23.0 Å². The van der Waals surface area contributed by atoms with Gasteiger partial charge in [0, 0.05) is 32.2 Å². The molecule has 23 heavy (non-hydrogen) atoms. The molecule has 6 heteroatoms. The number of nitrogen functional groups attached to an aromatic ring is 1. The molecule has 3 N–H and O–H groups in total. The van der Waals surface area contributed by atoms with Crippen molar-refractivity contribution in [2.75, 3.05) is 55.8 Å². The highest BCUT2D eigenvalue weighted by Gasteiger charge is 2.21. The highest BCUT2D eigenvalue weighted by Crippen LogP contribution is 2.36. The van der Waals surface area contributed by atoms with E-state index < -0.39 is 0 Å². The number of methoxy groups -OCH3 is 1. The minimum Gasteiger partial charge on any atom is -0.495 e.